The van der Waals surface area contributed by atoms with Crippen LogP contribution < -0.4 is 0 Å². The van der Waals surface area contributed by atoms with Gasteiger partial charge in [-0.25, -0.2) is 0 Å². The predicted octanol–water partition coefficient (Wildman–Crippen LogP) is 3.48. The van der Waals surface area contributed by atoms with E-state index in [0.717, 1.165) is 24.0 Å². The molecule has 3 heteroatoms. The Hall–Kier alpha value is -1.38. The summed E-state index contributed by atoms with van der Waals surface area (Å²) in [6.45, 7) is 7.74. The third kappa shape index (κ3) is 2.55. The summed E-state index contributed by atoms with van der Waals surface area (Å²) in [5, 5.41) is 11.0. The molecule has 0 aliphatic heterocycles. The molecule has 0 saturated carbocycles. The van der Waals surface area contributed by atoms with E-state index in [9.17, 15) is 10.1 Å². The topological polar surface area (TPSA) is 43.1 Å². The number of hydrogen-bond donors (Lipinski definition) is 0. The lowest BCUT2D eigenvalue weighted by molar-refractivity contribution is -0.386. The number of hydrogen-bond acceptors (Lipinski definition) is 2. The molecule has 1 aromatic carbocycles. The lowest BCUT2D eigenvalue weighted by atomic mass is 9.96. The second kappa shape index (κ2) is 4.91. The zero-order chi connectivity index (χ0) is 11.4. The fourth-order valence-corrected chi connectivity index (χ4v) is 1.70. The lowest BCUT2D eigenvalue weighted by Crippen LogP contribution is -2.01. The maximum absolute atomic E-state index is 11.0. The van der Waals surface area contributed by atoms with Crippen LogP contribution in [0.25, 0.3) is 0 Å². The third-order valence-electron chi connectivity index (χ3n) is 2.38. The Labute approximate surface area is 90.3 Å². The van der Waals surface area contributed by atoms with E-state index in [1.165, 1.54) is 0 Å². The number of nitro benzene ring substituents is 1. The van der Waals surface area contributed by atoms with Gasteiger partial charge in [0, 0.05) is 11.1 Å². The van der Waals surface area contributed by atoms with E-state index in [2.05, 4.69) is 6.92 Å². The molecular weight excluding hydrogens is 190 g/mol. The highest BCUT2D eigenvalue weighted by atomic mass is 16.6. The summed E-state index contributed by atoms with van der Waals surface area (Å²) in [7, 11) is 0. The number of para-hydroxylation sites is 1. The smallest absolute Gasteiger partial charge is 0.258 e. The van der Waals surface area contributed by atoms with E-state index in [0.29, 0.717) is 0 Å². The number of aryl methyl sites for hydroxylation is 1. The average molecular weight is 206 g/mol. The van der Waals surface area contributed by atoms with Gasteiger partial charge in [0.1, 0.15) is 0 Å². The molecule has 0 aromatic heterocycles. The molecule has 1 atom stereocenters. The second-order valence-electron chi connectivity index (χ2n) is 3.76. The molecule has 3 nitrogen and oxygen atoms in total. The summed E-state index contributed by atoms with van der Waals surface area (Å²) in [5.41, 5.74) is 1.79. The summed E-state index contributed by atoms with van der Waals surface area (Å²) in [6.07, 6.45) is 1.66. The first kappa shape index (κ1) is 11.7. The quantitative estimate of drug-likeness (QED) is 0.559. The number of nitro groups is 1. The van der Waals surface area contributed by atoms with Crippen molar-refractivity contribution in [3.05, 3.63) is 46.4 Å². The van der Waals surface area contributed by atoms with Crippen molar-refractivity contribution >= 4 is 5.69 Å². The zero-order valence-electron chi connectivity index (χ0n) is 9.19. The Morgan fingerprint density at radius 1 is 1.53 bits per heavy atom. The van der Waals surface area contributed by atoms with Crippen LogP contribution in [-0.2, 0) is 6.42 Å². The van der Waals surface area contributed by atoms with Crippen LogP contribution >= 0.6 is 0 Å². The first-order valence-electron chi connectivity index (χ1n) is 5.17. The Kier molecular flexibility index (Phi) is 3.83. The van der Waals surface area contributed by atoms with Crippen LogP contribution in [0.4, 0.5) is 5.69 Å². The first-order chi connectivity index (χ1) is 7.07. The van der Waals surface area contributed by atoms with Crippen molar-refractivity contribution in [3.63, 3.8) is 0 Å². The van der Waals surface area contributed by atoms with Crippen molar-refractivity contribution in [3.8, 4) is 0 Å². The fourth-order valence-electron chi connectivity index (χ4n) is 1.70. The molecule has 0 bridgehead atoms. The molecule has 0 fully saturated rings. The van der Waals surface area contributed by atoms with Crippen molar-refractivity contribution in [2.45, 2.75) is 32.6 Å². The van der Waals surface area contributed by atoms with Gasteiger partial charge in [0.2, 0.25) is 0 Å². The minimum atomic E-state index is -0.290. The number of benzene rings is 1. The normalized spacial score (nSPS) is 10.7. The Balaban J connectivity index is 3.28. The largest absolute Gasteiger partial charge is 0.276 e. The molecule has 81 valence electrons. The second-order valence-corrected chi connectivity index (χ2v) is 3.76. The minimum Gasteiger partial charge on any atom is -0.258 e. The van der Waals surface area contributed by atoms with Gasteiger partial charge in [-0.15, -0.1) is 0 Å². The highest BCUT2D eigenvalue weighted by Crippen LogP contribution is 2.30. The van der Waals surface area contributed by atoms with Crippen molar-refractivity contribution in [1.82, 2.24) is 0 Å². The van der Waals surface area contributed by atoms with Gasteiger partial charge in [-0.05, 0) is 19.3 Å². The molecule has 0 aliphatic carbocycles. The molecule has 1 rings (SSSR count). The Morgan fingerprint density at radius 2 is 2.20 bits per heavy atom. The van der Waals surface area contributed by atoms with Crippen LogP contribution in [0.1, 0.15) is 37.3 Å². The van der Waals surface area contributed by atoms with Gasteiger partial charge in [0.25, 0.3) is 5.69 Å². The Bertz CT molecular complexity index is 359. The molecule has 0 N–H and O–H groups in total. The minimum absolute atomic E-state index is 0.0535. The highest BCUT2D eigenvalue weighted by molar-refractivity contribution is 5.49. The molecule has 0 heterocycles. The van der Waals surface area contributed by atoms with Crippen molar-refractivity contribution in [2.75, 3.05) is 0 Å². The monoisotopic (exact) mass is 206 g/mol. The van der Waals surface area contributed by atoms with Crippen LogP contribution in [0, 0.1) is 17.0 Å². The van der Waals surface area contributed by atoms with Crippen molar-refractivity contribution in [1.29, 1.82) is 0 Å². The molecule has 0 saturated heterocycles. The van der Waals surface area contributed by atoms with E-state index in [1.807, 2.05) is 26.0 Å². The molecule has 0 aliphatic rings. The van der Waals surface area contributed by atoms with Gasteiger partial charge in [-0.2, -0.15) is 0 Å². The summed E-state index contributed by atoms with van der Waals surface area (Å²) < 4.78 is 0. The van der Waals surface area contributed by atoms with Crippen LogP contribution in [0.3, 0.4) is 0 Å². The van der Waals surface area contributed by atoms with Gasteiger partial charge in [-0.1, -0.05) is 38.5 Å². The lowest BCUT2D eigenvalue weighted by Gasteiger charge is -2.09. The standard InChI is InChI=1S/C12H16NO2/c1-4-6-10-7-5-8-11(9(2)3)12(10)13(14)15/h5,7-9H,2,4,6H2,1,3H3. The van der Waals surface area contributed by atoms with Gasteiger partial charge in [-0.3, -0.25) is 10.1 Å². The third-order valence-corrected chi connectivity index (χ3v) is 2.38. The summed E-state index contributed by atoms with van der Waals surface area (Å²) in [6, 6.07) is 5.48. The first-order valence-corrected chi connectivity index (χ1v) is 5.17. The van der Waals surface area contributed by atoms with Gasteiger partial charge in [0.15, 0.2) is 0 Å². The molecule has 1 unspecified atom stereocenters. The van der Waals surface area contributed by atoms with Crippen LogP contribution in [0.15, 0.2) is 18.2 Å². The summed E-state index contributed by atoms with van der Waals surface area (Å²) in [5.74, 6) is -0.0535. The van der Waals surface area contributed by atoms with Gasteiger partial charge < -0.3 is 0 Å². The SMILES string of the molecule is [CH2]C(C)c1cccc(CCC)c1[N+](=O)[O-]. The van der Waals surface area contributed by atoms with Crippen molar-refractivity contribution in [2.24, 2.45) is 0 Å². The van der Waals surface area contributed by atoms with Crippen LogP contribution in [-0.4, -0.2) is 4.92 Å². The van der Waals surface area contributed by atoms with E-state index >= 15 is 0 Å². The maximum atomic E-state index is 11.0. The van der Waals surface area contributed by atoms with Crippen LogP contribution in [0.2, 0.25) is 0 Å². The zero-order valence-corrected chi connectivity index (χ0v) is 9.19. The van der Waals surface area contributed by atoms with E-state index in [-0.39, 0.29) is 16.5 Å². The molecule has 15 heavy (non-hydrogen) atoms. The predicted molar refractivity (Wildman–Crippen MR) is 60.9 cm³/mol. The number of nitrogens with zero attached hydrogens (tertiary/aromatic N) is 1. The molecule has 1 radical (unpaired) electrons. The fraction of sp³-hybridized carbons (Fsp3) is 0.417. The van der Waals surface area contributed by atoms with Crippen LogP contribution in [0.5, 0.6) is 0 Å². The van der Waals surface area contributed by atoms with Gasteiger partial charge in [0.05, 0.1) is 4.92 Å². The molecule has 1 aromatic rings. The molecule has 0 spiro atoms. The molecule has 0 amide bonds. The summed E-state index contributed by atoms with van der Waals surface area (Å²) >= 11 is 0. The number of rotatable bonds is 4. The summed E-state index contributed by atoms with van der Waals surface area (Å²) in [4.78, 5) is 10.7. The highest BCUT2D eigenvalue weighted by Gasteiger charge is 2.20. The van der Waals surface area contributed by atoms with E-state index in [1.54, 1.807) is 6.07 Å². The molecular formula is C12H16NO2. The van der Waals surface area contributed by atoms with E-state index in [4.69, 9.17) is 0 Å². The van der Waals surface area contributed by atoms with Crippen molar-refractivity contribution < 1.29 is 4.92 Å². The Morgan fingerprint density at radius 3 is 2.67 bits per heavy atom. The van der Waals surface area contributed by atoms with E-state index < -0.39 is 0 Å². The average Bonchev–Trinajstić information content (AvgIpc) is 2.17. The van der Waals surface area contributed by atoms with Gasteiger partial charge >= 0.3 is 0 Å². The maximum Gasteiger partial charge on any atom is 0.276 e.